The van der Waals surface area contributed by atoms with E-state index in [1.165, 1.54) is 0 Å². The first-order chi connectivity index (χ1) is 14.1. The summed E-state index contributed by atoms with van der Waals surface area (Å²) in [4.78, 5) is 38.3. The largest absolute Gasteiger partial charge is 0.444 e. The van der Waals surface area contributed by atoms with Crippen LogP contribution in [0.5, 0.6) is 0 Å². The second kappa shape index (κ2) is 9.18. The number of rotatable bonds is 3. The third-order valence-electron chi connectivity index (χ3n) is 5.55. The normalized spacial score (nSPS) is 20.8. The Hall–Kier alpha value is -2.38. The van der Waals surface area contributed by atoms with Crippen LogP contribution >= 0.6 is 0 Å². The van der Waals surface area contributed by atoms with Gasteiger partial charge in [-0.15, -0.1) is 0 Å². The summed E-state index contributed by atoms with van der Waals surface area (Å²) in [5.41, 5.74) is 1.39. The zero-order valence-corrected chi connectivity index (χ0v) is 18.9. The number of alkyl carbamates (subject to hydrolysis) is 1. The first-order valence-corrected chi connectivity index (χ1v) is 11.0. The van der Waals surface area contributed by atoms with Gasteiger partial charge in [-0.1, -0.05) is 0 Å². The van der Waals surface area contributed by atoms with Gasteiger partial charge in [0.2, 0.25) is 11.9 Å². The molecule has 1 aromatic heterocycles. The van der Waals surface area contributed by atoms with Gasteiger partial charge in [0.25, 0.3) is 0 Å². The number of carbonyl (C=O) groups excluding carboxylic acids is 2. The molecule has 0 saturated carbocycles. The van der Waals surface area contributed by atoms with Crippen LogP contribution < -0.4 is 10.2 Å². The van der Waals surface area contributed by atoms with E-state index in [9.17, 15) is 9.59 Å². The minimum Gasteiger partial charge on any atom is -0.444 e. The maximum absolute atomic E-state index is 13.1. The Labute approximate surface area is 179 Å². The molecule has 2 fully saturated rings. The van der Waals surface area contributed by atoms with Crippen molar-refractivity contribution in [2.45, 2.75) is 71.9 Å². The number of aromatic nitrogens is 2. The molecule has 2 aliphatic heterocycles. The highest BCUT2D eigenvalue weighted by atomic mass is 16.6. The van der Waals surface area contributed by atoms with E-state index < -0.39 is 5.60 Å². The number of anilines is 1. The Bertz CT molecular complexity index is 748. The molecular formula is C22H35N5O3. The molecule has 30 heavy (non-hydrogen) atoms. The zero-order chi connectivity index (χ0) is 21.9. The van der Waals surface area contributed by atoms with E-state index in [0.717, 1.165) is 49.6 Å². The van der Waals surface area contributed by atoms with Crippen molar-refractivity contribution in [1.82, 2.24) is 20.2 Å². The Kier molecular flexibility index (Phi) is 6.83. The standard InChI is InChI=1S/C22H35N5O3/c1-15-13-16(2)24-20(23-15)27-10-6-7-17(14-27)19(28)26-11-8-18(9-12-26)25-21(29)30-22(3,4)5/h13,17-18H,6-12,14H2,1-5H3,(H,25,29)/t17-/m0/s1. The number of hydrogen-bond donors (Lipinski definition) is 1. The topological polar surface area (TPSA) is 87.7 Å². The molecule has 8 heteroatoms. The monoisotopic (exact) mass is 417 g/mol. The summed E-state index contributed by atoms with van der Waals surface area (Å²) >= 11 is 0. The number of hydrogen-bond acceptors (Lipinski definition) is 6. The minimum absolute atomic E-state index is 0.0291. The van der Waals surface area contributed by atoms with E-state index in [0.29, 0.717) is 19.6 Å². The molecule has 0 aromatic carbocycles. The summed E-state index contributed by atoms with van der Waals surface area (Å²) in [6, 6.07) is 2.02. The minimum atomic E-state index is -0.507. The van der Waals surface area contributed by atoms with Crippen LogP contribution in [0, 0.1) is 19.8 Å². The number of piperidine rings is 2. The molecule has 1 N–H and O–H groups in total. The van der Waals surface area contributed by atoms with Crippen molar-refractivity contribution in [1.29, 1.82) is 0 Å². The van der Waals surface area contributed by atoms with Crippen molar-refractivity contribution in [2.24, 2.45) is 5.92 Å². The van der Waals surface area contributed by atoms with Gasteiger partial charge in [0, 0.05) is 43.6 Å². The lowest BCUT2D eigenvalue weighted by Crippen LogP contribution is -2.51. The van der Waals surface area contributed by atoms with Crippen molar-refractivity contribution in [3.63, 3.8) is 0 Å². The average Bonchev–Trinajstić information content (AvgIpc) is 2.66. The summed E-state index contributed by atoms with van der Waals surface area (Å²) < 4.78 is 5.33. The SMILES string of the molecule is Cc1cc(C)nc(N2CCC[C@H](C(=O)N3CCC(NC(=O)OC(C)(C)C)CC3)C2)n1. The molecule has 3 rings (SSSR count). The molecule has 2 saturated heterocycles. The number of aryl methyl sites for hydroxylation is 2. The molecule has 3 heterocycles. The lowest BCUT2D eigenvalue weighted by molar-refractivity contribution is -0.136. The van der Waals surface area contributed by atoms with Gasteiger partial charge in [-0.25, -0.2) is 14.8 Å². The third kappa shape index (κ3) is 6.06. The molecule has 8 nitrogen and oxygen atoms in total. The highest BCUT2D eigenvalue weighted by Crippen LogP contribution is 2.24. The van der Waals surface area contributed by atoms with Crippen LogP contribution in [-0.2, 0) is 9.53 Å². The van der Waals surface area contributed by atoms with E-state index in [-0.39, 0.29) is 24.0 Å². The highest BCUT2D eigenvalue weighted by molar-refractivity contribution is 5.80. The molecule has 2 aliphatic rings. The summed E-state index contributed by atoms with van der Waals surface area (Å²) in [5.74, 6) is 0.906. The average molecular weight is 418 g/mol. The van der Waals surface area contributed by atoms with Crippen LogP contribution in [0.3, 0.4) is 0 Å². The van der Waals surface area contributed by atoms with Crippen molar-refractivity contribution >= 4 is 17.9 Å². The van der Waals surface area contributed by atoms with Crippen molar-refractivity contribution in [3.8, 4) is 0 Å². The predicted octanol–water partition coefficient (Wildman–Crippen LogP) is 2.83. The molecule has 0 unspecified atom stereocenters. The van der Waals surface area contributed by atoms with Gasteiger partial charge < -0.3 is 19.9 Å². The summed E-state index contributed by atoms with van der Waals surface area (Å²) in [5, 5.41) is 2.93. The van der Waals surface area contributed by atoms with Gasteiger partial charge in [-0.05, 0) is 66.4 Å². The first kappa shape index (κ1) is 22.3. The molecule has 1 atom stereocenters. The quantitative estimate of drug-likeness (QED) is 0.814. The molecule has 2 amide bonds. The lowest BCUT2D eigenvalue weighted by atomic mass is 9.95. The maximum atomic E-state index is 13.1. The lowest BCUT2D eigenvalue weighted by Gasteiger charge is -2.38. The van der Waals surface area contributed by atoms with Crippen molar-refractivity contribution in [2.75, 3.05) is 31.1 Å². The maximum Gasteiger partial charge on any atom is 0.407 e. The summed E-state index contributed by atoms with van der Waals surface area (Å²) in [6.45, 7) is 12.4. The van der Waals surface area contributed by atoms with Crippen LogP contribution in [0.4, 0.5) is 10.7 Å². The van der Waals surface area contributed by atoms with Crippen LogP contribution in [0.15, 0.2) is 6.07 Å². The van der Waals surface area contributed by atoms with Gasteiger partial charge >= 0.3 is 6.09 Å². The number of carbonyl (C=O) groups is 2. The van der Waals surface area contributed by atoms with Gasteiger partial charge in [0.15, 0.2) is 0 Å². The smallest absolute Gasteiger partial charge is 0.407 e. The number of amides is 2. The Morgan fingerprint density at radius 1 is 1.07 bits per heavy atom. The molecule has 0 bridgehead atoms. The molecule has 0 radical (unpaired) electrons. The van der Waals surface area contributed by atoms with E-state index in [4.69, 9.17) is 4.74 Å². The second-order valence-corrected chi connectivity index (χ2v) is 9.48. The van der Waals surface area contributed by atoms with E-state index in [1.54, 1.807) is 0 Å². The van der Waals surface area contributed by atoms with Gasteiger partial charge in [-0.3, -0.25) is 4.79 Å². The van der Waals surface area contributed by atoms with E-state index in [1.807, 2.05) is 45.6 Å². The van der Waals surface area contributed by atoms with Gasteiger partial charge in [0.1, 0.15) is 5.60 Å². The Morgan fingerprint density at radius 2 is 1.70 bits per heavy atom. The number of ether oxygens (including phenoxy) is 1. The fourth-order valence-electron chi connectivity index (χ4n) is 4.19. The highest BCUT2D eigenvalue weighted by Gasteiger charge is 2.33. The third-order valence-corrected chi connectivity index (χ3v) is 5.55. The zero-order valence-electron chi connectivity index (χ0n) is 18.9. The van der Waals surface area contributed by atoms with Crippen LogP contribution in [-0.4, -0.2) is 64.7 Å². The van der Waals surface area contributed by atoms with Crippen molar-refractivity contribution in [3.05, 3.63) is 17.5 Å². The molecule has 166 valence electrons. The molecule has 1 aromatic rings. The van der Waals surface area contributed by atoms with Crippen LogP contribution in [0.2, 0.25) is 0 Å². The number of nitrogens with one attached hydrogen (secondary N) is 1. The van der Waals surface area contributed by atoms with E-state index >= 15 is 0 Å². The summed E-state index contributed by atoms with van der Waals surface area (Å²) in [6.07, 6.45) is 2.98. The Balaban J connectivity index is 1.51. The van der Waals surface area contributed by atoms with Gasteiger partial charge in [0.05, 0.1) is 5.92 Å². The Morgan fingerprint density at radius 3 is 2.30 bits per heavy atom. The first-order valence-electron chi connectivity index (χ1n) is 11.0. The second-order valence-electron chi connectivity index (χ2n) is 9.48. The number of likely N-dealkylation sites (tertiary alicyclic amines) is 1. The summed E-state index contributed by atoms with van der Waals surface area (Å²) in [7, 11) is 0. The van der Waals surface area contributed by atoms with Gasteiger partial charge in [-0.2, -0.15) is 0 Å². The fourth-order valence-corrected chi connectivity index (χ4v) is 4.19. The molecular weight excluding hydrogens is 382 g/mol. The van der Waals surface area contributed by atoms with E-state index in [2.05, 4.69) is 20.2 Å². The van der Waals surface area contributed by atoms with Crippen molar-refractivity contribution < 1.29 is 14.3 Å². The number of nitrogens with zero attached hydrogens (tertiary/aromatic N) is 4. The molecule has 0 aliphatic carbocycles. The molecule has 0 spiro atoms. The van der Waals surface area contributed by atoms with Crippen LogP contribution in [0.25, 0.3) is 0 Å². The predicted molar refractivity (Wildman–Crippen MR) is 115 cm³/mol. The van der Waals surface area contributed by atoms with Crippen LogP contribution in [0.1, 0.15) is 57.8 Å². The fraction of sp³-hybridized carbons (Fsp3) is 0.727.